The quantitative estimate of drug-likeness (QED) is 0.542. The number of hydrazone groups is 1. The summed E-state index contributed by atoms with van der Waals surface area (Å²) in [6, 6.07) is 0. The molecule has 68 valence electrons. The van der Waals surface area contributed by atoms with Crippen molar-refractivity contribution in [1.82, 2.24) is 5.01 Å². The average Bonchev–Trinajstić information content (AvgIpc) is 2.26. The first-order chi connectivity index (χ1) is 5.50. The molecule has 4 heteroatoms. The van der Waals surface area contributed by atoms with Crippen molar-refractivity contribution in [3.63, 3.8) is 0 Å². The summed E-state index contributed by atoms with van der Waals surface area (Å²) in [6.45, 7) is 3.74. The maximum atomic E-state index is 11.4. The lowest BCUT2D eigenvalue weighted by Gasteiger charge is -2.27. The zero-order valence-electron chi connectivity index (χ0n) is 7.92. The van der Waals surface area contributed by atoms with Crippen LogP contribution >= 0.6 is 0 Å². The van der Waals surface area contributed by atoms with E-state index >= 15 is 0 Å². The fraction of sp³-hybridized carbons (Fsp3) is 0.750. The zero-order valence-corrected chi connectivity index (χ0v) is 7.92. The molecule has 1 aliphatic heterocycles. The highest BCUT2D eigenvalue weighted by Crippen LogP contribution is 2.26. The number of carbonyl (C=O) groups is 1. The highest BCUT2D eigenvalue weighted by molar-refractivity contribution is 5.93. The Morgan fingerprint density at radius 1 is 1.75 bits per heavy atom. The number of ether oxygens (including phenoxy) is 1. The number of methoxy groups -OCH3 is 1. The zero-order chi connectivity index (χ0) is 9.35. The molecule has 1 heterocycles. The van der Waals surface area contributed by atoms with E-state index in [1.165, 1.54) is 7.11 Å². The van der Waals surface area contributed by atoms with Gasteiger partial charge in [0.25, 0.3) is 0 Å². The molecule has 0 unspecified atom stereocenters. The van der Waals surface area contributed by atoms with E-state index in [0.717, 1.165) is 5.71 Å². The second kappa shape index (κ2) is 2.77. The van der Waals surface area contributed by atoms with Crippen LogP contribution in [0.1, 0.15) is 20.3 Å². The van der Waals surface area contributed by atoms with Crippen LogP contribution in [-0.4, -0.2) is 36.4 Å². The van der Waals surface area contributed by atoms with E-state index in [1.54, 1.807) is 12.1 Å². The Hall–Kier alpha value is -1.06. The first-order valence-corrected chi connectivity index (χ1v) is 3.87. The molecule has 0 aromatic heterocycles. The van der Waals surface area contributed by atoms with Crippen molar-refractivity contribution in [1.29, 1.82) is 0 Å². The molecular formula is C8H14N2O2. The minimum Gasteiger partial charge on any atom is -0.467 e. The van der Waals surface area contributed by atoms with Crippen LogP contribution in [0, 0.1) is 0 Å². The molecule has 0 bridgehead atoms. The molecule has 0 amide bonds. The van der Waals surface area contributed by atoms with Gasteiger partial charge in [0.1, 0.15) is 0 Å². The van der Waals surface area contributed by atoms with Crippen LogP contribution in [0.15, 0.2) is 5.10 Å². The number of carbonyl (C=O) groups excluding carboxylic acids is 1. The van der Waals surface area contributed by atoms with Gasteiger partial charge in [-0.3, -0.25) is 5.01 Å². The van der Waals surface area contributed by atoms with Crippen LogP contribution in [0.25, 0.3) is 0 Å². The first kappa shape index (κ1) is 9.03. The third-order valence-corrected chi connectivity index (χ3v) is 2.26. The fourth-order valence-electron chi connectivity index (χ4n) is 1.44. The SMILES string of the molecule is COC(=O)[C@@]1(C)CC(C)=NN1C. The van der Waals surface area contributed by atoms with E-state index in [1.807, 2.05) is 13.8 Å². The van der Waals surface area contributed by atoms with Gasteiger partial charge in [-0.2, -0.15) is 5.10 Å². The van der Waals surface area contributed by atoms with Crippen LogP contribution in [0.4, 0.5) is 0 Å². The topological polar surface area (TPSA) is 41.9 Å². The molecule has 4 nitrogen and oxygen atoms in total. The van der Waals surface area contributed by atoms with E-state index in [4.69, 9.17) is 4.74 Å². The highest BCUT2D eigenvalue weighted by atomic mass is 16.5. The highest BCUT2D eigenvalue weighted by Gasteiger charge is 2.42. The van der Waals surface area contributed by atoms with Crippen molar-refractivity contribution in [3.05, 3.63) is 0 Å². The molecule has 0 aliphatic carbocycles. The molecule has 0 aromatic rings. The summed E-state index contributed by atoms with van der Waals surface area (Å²) in [5, 5.41) is 5.82. The molecule has 0 fully saturated rings. The van der Waals surface area contributed by atoms with E-state index in [-0.39, 0.29) is 5.97 Å². The summed E-state index contributed by atoms with van der Waals surface area (Å²) in [5.41, 5.74) is 0.365. The second-order valence-corrected chi connectivity index (χ2v) is 3.30. The van der Waals surface area contributed by atoms with Crippen LogP contribution < -0.4 is 0 Å². The summed E-state index contributed by atoms with van der Waals surface area (Å²) in [5.74, 6) is -0.231. The first-order valence-electron chi connectivity index (χ1n) is 3.87. The Morgan fingerprint density at radius 2 is 2.33 bits per heavy atom. The van der Waals surface area contributed by atoms with Crippen molar-refractivity contribution in [2.75, 3.05) is 14.2 Å². The standard InChI is InChI=1S/C8H14N2O2/c1-6-5-8(2,7(11)12-4)10(3)9-6/h5H2,1-4H3/t8-/m1/s1. The van der Waals surface area contributed by atoms with Gasteiger partial charge in [0.15, 0.2) is 5.54 Å². The molecule has 0 spiro atoms. The van der Waals surface area contributed by atoms with Gasteiger partial charge < -0.3 is 4.74 Å². The van der Waals surface area contributed by atoms with Gasteiger partial charge in [0, 0.05) is 19.2 Å². The molecule has 1 rings (SSSR count). The summed E-state index contributed by atoms with van der Waals surface area (Å²) in [4.78, 5) is 11.4. The van der Waals surface area contributed by atoms with Crippen LogP contribution in [0.2, 0.25) is 0 Å². The predicted octanol–water partition coefficient (Wildman–Crippen LogP) is 0.629. The summed E-state index contributed by atoms with van der Waals surface area (Å²) in [6.07, 6.45) is 0.649. The summed E-state index contributed by atoms with van der Waals surface area (Å²) >= 11 is 0. The van der Waals surface area contributed by atoms with Gasteiger partial charge in [0.05, 0.1) is 7.11 Å². The fourth-order valence-corrected chi connectivity index (χ4v) is 1.44. The minimum absolute atomic E-state index is 0.231. The monoisotopic (exact) mass is 170 g/mol. The van der Waals surface area contributed by atoms with Gasteiger partial charge in [-0.25, -0.2) is 4.79 Å². The van der Waals surface area contributed by atoms with Gasteiger partial charge >= 0.3 is 5.97 Å². The van der Waals surface area contributed by atoms with Crippen molar-refractivity contribution >= 4 is 11.7 Å². The smallest absolute Gasteiger partial charge is 0.333 e. The molecular weight excluding hydrogens is 156 g/mol. The summed E-state index contributed by atoms with van der Waals surface area (Å²) < 4.78 is 4.70. The van der Waals surface area contributed by atoms with Gasteiger partial charge in [-0.05, 0) is 13.8 Å². The molecule has 0 saturated heterocycles. The van der Waals surface area contributed by atoms with Crippen molar-refractivity contribution in [2.24, 2.45) is 5.10 Å². The summed E-state index contributed by atoms with van der Waals surface area (Å²) in [7, 11) is 3.18. The Balaban J connectivity index is 2.83. The van der Waals surface area contributed by atoms with Crippen molar-refractivity contribution < 1.29 is 9.53 Å². The van der Waals surface area contributed by atoms with E-state index in [2.05, 4.69) is 5.10 Å². The van der Waals surface area contributed by atoms with E-state index in [0.29, 0.717) is 6.42 Å². The number of likely N-dealkylation sites (N-methyl/N-ethyl adjacent to an activating group) is 1. The number of esters is 1. The van der Waals surface area contributed by atoms with Crippen LogP contribution in [0.5, 0.6) is 0 Å². The van der Waals surface area contributed by atoms with Crippen LogP contribution in [-0.2, 0) is 9.53 Å². The lowest BCUT2D eigenvalue weighted by Crippen LogP contribution is -2.45. The lowest BCUT2D eigenvalue weighted by atomic mass is 9.97. The number of nitrogens with zero attached hydrogens (tertiary/aromatic N) is 2. The van der Waals surface area contributed by atoms with Crippen molar-refractivity contribution in [2.45, 2.75) is 25.8 Å². The normalized spacial score (nSPS) is 28.7. The second-order valence-electron chi connectivity index (χ2n) is 3.30. The minimum atomic E-state index is -0.598. The molecule has 0 N–H and O–H groups in total. The maximum Gasteiger partial charge on any atom is 0.333 e. The van der Waals surface area contributed by atoms with Gasteiger partial charge in [-0.15, -0.1) is 0 Å². The number of hydrogen-bond acceptors (Lipinski definition) is 4. The lowest BCUT2D eigenvalue weighted by molar-refractivity contribution is -0.152. The Kier molecular flexibility index (Phi) is 2.08. The van der Waals surface area contributed by atoms with Crippen molar-refractivity contribution in [3.8, 4) is 0 Å². The molecule has 0 saturated carbocycles. The number of rotatable bonds is 1. The van der Waals surface area contributed by atoms with Crippen LogP contribution in [0.3, 0.4) is 0 Å². The third kappa shape index (κ3) is 1.17. The third-order valence-electron chi connectivity index (χ3n) is 2.26. The van der Waals surface area contributed by atoms with E-state index in [9.17, 15) is 4.79 Å². The average molecular weight is 170 g/mol. The molecule has 1 atom stereocenters. The Bertz CT molecular complexity index is 237. The molecule has 1 aliphatic rings. The van der Waals surface area contributed by atoms with Gasteiger partial charge in [0.2, 0.25) is 0 Å². The molecule has 12 heavy (non-hydrogen) atoms. The molecule has 0 aromatic carbocycles. The maximum absolute atomic E-state index is 11.4. The van der Waals surface area contributed by atoms with Gasteiger partial charge in [-0.1, -0.05) is 0 Å². The number of hydrogen-bond donors (Lipinski definition) is 0. The Morgan fingerprint density at radius 3 is 2.67 bits per heavy atom. The van der Waals surface area contributed by atoms with E-state index < -0.39 is 5.54 Å². The largest absolute Gasteiger partial charge is 0.467 e. The Labute approximate surface area is 72.2 Å². The predicted molar refractivity (Wildman–Crippen MR) is 45.9 cm³/mol. The molecule has 0 radical (unpaired) electrons.